The number of nitro groups is 1. The van der Waals surface area contributed by atoms with Gasteiger partial charge in [-0.1, -0.05) is 28.9 Å². The zero-order valence-corrected chi connectivity index (χ0v) is 21.7. The van der Waals surface area contributed by atoms with Gasteiger partial charge in [-0.25, -0.2) is 12.8 Å². The number of carboxylic acids is 1. The Morgan fingerprint density at radius 1 is 1.10 bits per heavy atom. The van der Waals surface area contributed by atoms with E-state index in [0.29, 0.717) is 17.7 Å². The number of nitrogens with zero attached hydrogens (tertiary/aromatic N) is 3. The predicted octanol–water partition coefficient (Wildman–Crippen LogP) is 5.50. The van der Waals surface area contributed by atoms with E-state index in [1.54, 1.807) is 12.1 Å². The van der Waals surface area contributed by atoms with E-state index >= 15 is 0 Å². The summed E-state index contributed by atoms with van der Waals surface area (Å²) in [6.07, 6.45) is -5.49. The van der Waals surface area contributed by atoms with Crippen molar-refractivity contribution in [2.24, 2.45) is 5.92 Å². The van der Waals surface area contributed by atoms with E-state index < -0.39 is 67.0 Å². The van der Waals surface area contributed by atoms with Crippen molar-refractivity contribution in [3.8, 4) is 22.8 Å². The zero-order chi connectivity index (χ0) is 30.1. The molecule has 10 nitrogen and oxygen atoms in total. The lowest BCUT2D eigenvalue weighted by Crippen LogP contribution is -2.26. The van der Waals surface area contributed by atoms with Gasteiger partial charge < -0.3 is 9.63 Å². The number of hydrogen-bond acceptors (Lipinski definition) is 8. The van der Waals surface area contributed by atoms with Gasteiger partial charge in [-0.05, 0) is 55.3 Å². The van der Waals surface area contributed by atoms with Crippen LogP contribution in [0, 0.1) is 28.8 Å². The van der Waals surface area contributed by atoms with Crippen molar-refractivity contribution in [1.82, 2.24) is 10.1 Å². The van der Waals surface area contributed by atoms with Gasteiger partial charge >= 0.3 is 12.1 Å². The molecular formula is C26H19F4N3O7S. The smallest absolute Gasteiger partial charge is 0.416 e. The number of alkyl halides is 3. The van der Waals surface area contributed by atoms with Crippen molar-refractivity contribution in [2.75, 3.05) is 5.75 Å². The summed E-state index contributed by atoms with van der Waals surface area (Å²) in [6.45, 7) is 1.89. The van der Waals surface area contributed by atoms with Crippen molar-refractivity contribution < 1.29 is 45.3 Å². The Bertz CT molecular complexity index is 1740. The number of benzene rings is 3. The van der Waals surface area contributed by atoms with Crippen LogP contribution in [0.1, 0.15) is 16.7 Å². The summed E-state index contributed by atoms with van der Waals surface area (Å²) in [5, 5.41) is 24.7. The van der Waals surface area contributed by atoms with Crippen LogP contribution in [0.3, 0.4) is 0 Å². The topological polar surface area (TPSA) is 154 Å². The number of sulfone groups is 1. The molecule has 0 aliphatic carbocycles. The van der Waals surface area contributed by atoms with E-state index in [-0.39, 0.29) is 28.9 Å². The molecule has 0 amide bonds. The molecule has 15 heteroatoms. The van der Waals surface area contributed by atoms with Gasteiger partial charge in [0.1, 0.15) is 10.7 Å². The first kappa shape index (κ1) is 29.3. The fraction of sp³-hybridized carbons (Fsp3) is 0.192. The number of nitro benzene ring substituents is 1. The average molecular weight is 594 g/mol. The molecule has 3 aromatic carbocycles. The molecule has 0 bridgehead atoms. The van der Waals surface area contributed by atoms with Gasteiger partial charge in [0.25, 0.3) is 11.6 Å². The SMILES string of the molecule is Cc1ccc(-c2nc(-c3ccc(CC(CS(=O)(=O)c4ccc(C(F)(F)F)cc4[N+](=O)[O-])C(=O)O)cc3F)no2)cc1. The number of carbonyl (C=O) groups is 1. The Morgan fingerprint density at radius 2 is 1.78 bits per heavy atom. The second kappa shape index (κ2) is 11.1. The van der Waals surface area contributed by atoms with Crippen LogP contribution in [0.2, 0.25) is 0 Å². The second-order valence-electron chi connectivity index (χ2n) is 9.06. The summed E-state index contributed by atoms with van der Waals surface area (Å²) < 4.78 is 85.0. The highest BCUT2D eigenvalue weighted by atomic mass is 32.2. The van der Waals surface area contributed by atoms with Gasteiger partial charge in [-0.2, -0.15) is 18.2 Å². The normalized spacial score (nSPS) is 12.7. The molecule has 1 atom stereocenters. The minimum atomic E-state index is -4.98. The van der Waals surface area contributed by atoms with E-state index in [0.717, 1.165) is 11.6 Å². The first-order valence-electron chi connectivity index (χ1n) is 11.7. The molecule has 0 radical (unpaired) electrons. The molecule has 0 spiro atoms. The van der Waals surface area contributed by atoms with E-state index in [1.165, 1.54) is 12.1 Å². The lowest BCUT2D eigenvalue weighted by atomic mass is 9.99. The van der Waals surface area contributed by atoms with Crippen LogP contribution in [-0.4, -0.2) is 40.3 Å². The number of hydrogen-bond donors (Lipinski definition) is 1. The summed E-state index contributed by atoms with van der Waals surface area (Å²) in [5.74, 6) is -5.33. The van der Waals surface area contributed by atoms with Crippen LogP contribution in [-0.2, 0) is 27.2 Å². The van der Waals surface area contributed by atoms with Crippen LogP contribution in [0.5, 0.6) is 0 Å². The van der Waals surface area contributed by atoms with Crippen LogP contribution < -0.4 is 0 Å². The van der Waals surface area contributed by atoms with Crippen LogP contribution in [0.4, 0.5) is 23.2 Å². The average Bonchev–Trinajstić information content (AvgIpc) is 3.37. The fourth-order valence-corrected chi connectivity index (χ4v) is 5.67. The summed E-state index contributed by atoms with van der Waals surface area (Å²) >= 11 is 0. The Labute approximate surface area is 229 Å². The van der Waals surface area contributed by atoms with Crippen LogP contribution in [0.25, 0.3) is 22.8 Å². The third-order valence-corrected chi connectivity index (χ3v) is 7.93. The van der Waals surface area contributed by atoms with E-state index in [1.807, 2.05) is 19.1 Å². The van der Waals surface area contributed by atoms with Gasteiger partial charge in [0.2, 0.25) is 5.82 Å². The van der Waals surface area contributed by atoms with Crippen molar-refractivity contribution in [1.29, 1.82) is 0 Å². The summed E-state index contributed by atoms with van der Waals surface area (Å²) in [4.78, 5) is 25.0. The Balaban J connectivity index is 1.57. The summed E-state index contributed by atoms with van der Waals surface area (Å²) in [6, 6.07) is 11.5. The van der Waals surface area contributed by atoms with Gasteiger partial charge in [0, 0.05) is 11.6 Å². The number of halogens is 4. The van der Waals surface area contributed by atoms with Gasteiger partial charge in [-0.3, -0.25) is 14.9 Å². The molecule has 0 fully saturated rings. The molecule has 4 aromatic rings. The highest BCUT2D eigenvalue weighted by Crippen LogP contribution is 2.35. The standard InChI is InChI=1S/C26H19F4N3O7S/c1-14-2-5-16(6-3-14)24-31-23(32-40-24)19-8-4-15(11-20(19)27)10-17(25(34)35)13-41(38,39)22-9-7-18(26(28,29)30)12-21(22)33(36)37/h2-9,11-12,17H,10,13H2,1H3,(H,34,35). The number of aromatic nitrogens is 2. The Hall–Kier alpha value is -4.66. The highest BCUT2D eigenvalue weighted by Gasteiger charge is 2.37. The molecular weight excluding hydrogens is 574 g/mol. The van der Waals surface area contributed by atoms with E-state index in [9.17, 15) is 46.0 Å². The van der Waals surface area contributed by atoms with E-state index in [2.05, 4.69) is 10.1 Å². The maximum absolute atomic E-state index is 15.0. The van der Waals surface area contributed by atoms with Gasteiger partial charge in [0.15, 0.2) is 9.84 Å². The molecule has 0 saturated heterocycles. The number of aryl methyl sites for hydroxylation is 1. The number of aliphatic carboxylic acids is 1. The lowest BCUT2D eigenvalue weighted by Gasteiger charge is -2.14. The Kier molecular flexibility index (Phi) is 7.92. The molecule has 1 aromatic heterocycles. The van der Waals surface area contributed by atoms with Crippen molar-refractivity contribution >= 4 is 21.5 Å². The van der Waals surface area contributed by atoms with Gasteiger partial charge in [0.05, 0.1) is 27.7 Å². The Morgan fingerprint density at radius 3 is 2.37 bits per heavy atom. The van der Waals surface area contributed by atoms with Crippen molar-refractivity contribution in [2.45, 2.75) is 24.4 Å². The molecule has 4 rings (SSSR count). The first-order valence-corrected chi connectivity index (χ1v) is 13.3. The quantitative estimate of drug-likeness (QED) is 0.151. The molecule has 1 N–H and O–H groups in total. The van der Waals surface area contributed by atoms with Crippen molar-refractivity contribution in [3.05, 3.63) is 93.3 Å². The number of carboxylic acid groups (broad SMARTS) is 1. The monoisotopic (exact) mass is 593 g/mol. The number of rotatable bonds is 9. The molecule has 0 aliphatic rings. The van der Waals surface area contributed by atoms with Crippen molar-refractivity contribution in [3.63, 3.8) is 0 Å². The molecule has 1 unspecified atom stereocenters. The lowest BCUT2D eigenvalue weighted by molar-refractivity contribution is -0.388. The van der Waals surface area contributed by atoms with Crippen LogP contribution >= 0.6 is 0 Å². The molecule has 1 heterocycles. The first-order chi connectivity index (χ1) is 19.2. The molecule has 41 heavy (non-hydrogen) atoms. The minimum Gasteiger partial charge on any atom is -0.481 e. The fourth-order valence-electron chi connectivity index (χ4n) is 3.97. The molecule has 0 saturated carbocycles. The highest BCUT2D eigenvalue weighted by molar-refractivity contribution is 7.91. The molecule has 0 aliphatic heterocycles. The third-order valence-electron chi connectivity index (χ3n) is 6.07. The molecule has 214 valence electrons. The third kappa shape index (κ3) is 6.57. The van der Waals surface area contributed by atoms with Gasteiger partial charge in [-0.15, -0.1) is 0 Å². The second-order valence-corrected chi connectivity index (χ2v) is 11.1. The maximum atomic E-state index is 15.0. The summed E-state index contributed by atoms with van der Waals surface area (Å²) in [5.41, 5.74) is -1.19. The van der Waals surface area contributed by atoms with Crippen LogP contribution in [0.15, 0.2) is 70.1 Å². The largest absolute Gasteiger partial charge is 0.481 e. The summed E-state index contributed by atoms with van der Waals surface area (Å²) in [7, 11) is -4.77. The van der Waals surface area contributed by atoms with E-state index in [4.69, 9.17) is 4.52 Å². The zero-order valence-electron chi connectivity index (χ0n) is 20.9. The minimum absolute atomic E-state index is 0.0676. The predicted molar refractivity (Wildman–Crippen MR) is 135 cm³/mol. The maximum Gasteiger partial charge on any atom is 0.416 e.